The second-order valence-electron chi connectivity index (χ2n) is 4.12. The zero-order valence-electron chi connectivity index (χ0n) is 10.5. The molecule has 6 nitrogen and oxygen atoms in total. The fraction of sp³-hybridized carbons (Fsp3) is 0.250. The van der Waals surface area contributed by atoms with E-state index in [9.17, 15) is 15.2 Å². The lowest BCUT2D eigenvalue weighted by molar-refractivity contribution is -0.384. The van der Waals surface area contributed by atoms with Gasteiger partial charge in [-0.05, 0) is 26.0 Å². The second kappa shape index (κ2) is 5.23. The van der Waals surface area contributed by atoms with Crippen LogP contribution in [0.1, 0.15) is 23.7 Å². The number of nitro benzene ring substituents is 1. The van der Waals surface area contributed by atoms with E-state index >= 15 is 0 Å². The van der Waals surface area contributed by atoms with Crippen LogP contribution in [0.5, 0.6) is 5.75 Å². The van der Waals surface area contributed by atoms with Gasteiger partial charge in [-0.2, -0.15) is 0 Å². The third kappa shape index (κ3) is 3.00. The molecular weight excluding hydrogens is 266 g/mol. The Balaban J connectivity index is 2.26. The Labute approximate surface area is 113 Å². The quantitative estimate of drug-likeness (QED) is 0.509. The van der Waals surface area contributed by atoms with Crippen LogP contribution >= 0.6 is 11.3 Å². The number of hydrogen-bond donors (Lipinski definition) is 2. The molecule has 2 rings (SSSR count). The maximum absolute atomic E-state index is 10.9. The molecule has 2 aromatic rings. The lowest BCUT2D eigenvalue weighted by Crippen LogP contribution is -2.08. The van der Waals surface area contributed by atoms with Crippen molar-refractivity contribution in [1.29, 1.82) is 0 Å². The standard InChI is InChI=1S/C12H13N3O3S/c1-7(11-6-19-8(2)14-11)13-10-4-3-9(16)5-12(10)15(17)18/h3-7,13,16H,1-2H3. The average Bonchev–Trinajstić information content (AvgIpc) is 2.78. The van der Waals surface area contributed by atoms with Crippen molar-refractivity contribution >= 4 is 22.7 Å². The van der Waals surface area contributed by atoms with E-state index in [-0.39, 0.29) is 17.5 Å². The Bertz CT molecular complexity index is 612. The Morgan fingerprint density at radius 2 is 2.26 bits per heavy atom. The molecule has 1 aromatic heterocycles. The van der Waals surface area contributed by atoms with Gasteiger partial charge in [-0.3, -0.25) is 10.1 Å². The van der Waals surface area contributed by atoms with E-state index in [0.717, 1.165) is 16.8 Å². The summed E-state index contributed by atoms with van der Waals surface area (Å²) in [7, 11) is 0. The molecule has 7 heteroatoms. The van der Waals surface area contributed by atoms with E-state index < -0.39 is 4.92 Å². The van der Waals surface area contributed by atoms with Gasteiger partial charge in [-0.1, -0.05) is 0 Å². The number of nitrogens with one attached hydrogen (secondary N) is 1. The van der Waals surface area contributed by atoms with Gasteiger partial charge in [-0.15, -0.1) is 11.3 Å². The third-order valence-electron chi connectivity index (χ3n) is 2.63. The minimum atomic E-state index is -0.527. The van der Waals surface area contributed by atoms with Crippen molar-refractivity contribution in [3.8, 4) is 5.75 Å². The molecule has 1 aromatic carbocycles. The Morgan fingerprint density at radius 1 is 1.53 bits per heavy atom. The average molecular weight is 279 g/mol. The number of aromatic nitrogens is 1. The first-order valence-corrected chi connectivity index (χ1v) is 6.51. The number of nitrogens with zero attached hydrogens (tertiary/aromatic N) is 2. The Morgan fingerprint density at radius 3 is 2.84 bits per heavy atom. The summed E-state index contributed by atoms with van der Waals surface area (Å²) in [6.07, 6.45) is 0. The maximum atomic E-state index is 10.9. The molecule has 0 saturated carbocycles. The third-order valence-corrected chi connectivity index (χ3v) is 3.42. The van der Waals surface area contributed by atoms with Crippen LogP contribution in [-0.4, -0.2) is 15.0 Å². The van der Waals surface area contributed by atoms with Crippen LogP contribution in [0.15, 0.2) is 23.6 Å². The minimum absolute atomic E-state index is 0.130. The zero-order chi connectivity index (χ0) is 14.0. The number of anilines is 1. The van der Waals surface area contributed by atoms with Gasteiger partial charge in [0, 0.05) is 5.38 Å². The van der Waals surface area contributed by atoms with Crippen LogP contribution in [0.3, 0.4) is 0 Å². The highest BCUT2D eigenvalue weighted by molar-refractivity contribution is 7.09. The number of aryl methyl sites for hydroxylation is 1. The molecule has 1 unspecified atom stereocenters. The Hall–Kier alpha value is -2.15. The predicted molar refractivity (Wildman–Crippen MR) is 73.6 cm³/mol. The largest absolute Gasteiger partial charge is 0.508 e. The van der Waals surface area contributed by atoms with E-state index in [1.165, 1.54) is 23.5 Å². The number of phenolic OH excluding ortho intramolecular Hbond substituents is 1. The van der Waals surface area contributed by atoms with Gasteiger partial charge in [0.05, 0.1) is 27.7 Å². The number of benzene rings is 1. The summed E-state index contributed by atoms with van der Waals surface area (Å²) in [6.45, 7) is 3.79. The number of rotatable bonds is 4. The molecule has 2 N–H and O–H groups in total. The minimum Gasteiger partial charge on any atom is -0.508 e. The van der Waals surface area contributed by atoms with Crippen molar-refractivity contribution in [3.63, 3.8) is 0 Å². The molecule has 1 heterocycles. The van der Waals surface area contributed by atoms with Gasteiger partial charge >= 0.3 is 0 Å². The van der Waals surface area contributed by atoms with Crippen LogP contribution in [-0.2, 0) is 0 Å². The number of thiazole rings is 1. The van der Waals surface area contributed by atoms with Crippen molar-refractivity contribution < 1.29 is 10.0 Å². The highest BCUT2D eigenvalue weighted by atomic mass is 32.1. The summed E-state index contributed by atoms with van der Waals surface area (Å²) in [5, 5.41) is 26.1. The van der Waals surface area contributed by atoms with Crippen LogP contribution < -0.4 is 5.32 Å². The molecule has 0 aliphatic rings. The van der Waals surface area contributed by atoms with Crippen molar-refractivity contribution in [2.45, 2.75) is 19.9 Å². The number of aromatic hydroxyl groups is 1. The van der Waals surface area contributed by atoms with E-state index in [1.54, 1.807) is 0 Å². The molecule has 0 radical (unpaired) electrons. The molecule has 0 fully saturated rings. The smallest absolute Gasteiger partial charge is 0.296 e. The normalized spacial score (nSPS) is 12.1. The molecule has 1 atom stereocenters. The number of phenols is 1. The molecule has 0 amide bonds. The number of hydrogen-bond acceptors (Lipinski definition) is 6. The Kier molecular flexibility index (Phi) is 3.66. The summed E-state index contributed by atoms with van der Waals surface area (Å²) in [4.78, 5) is 14.7. The van der Waals surface area contributed by atoms with Crippen LogP contribution in [0.4, 0.5) is 11.4 Å². The van der Waals surface area contributed by atoms with Gasteiger partial charge in [0.1, 0.15) is 11.4 Å². The van der Waals surface area contributed by atoms with Crippen LogP contribution in [0.25, 0.3) is 0 Å². The van der Waals surface area contributed by atoms with E-state index in [1.807, 2.05) is 19.2 Å². The van der Waals surface area contributed by atoms with Crippen LogP contribution in [0.2, 0.25) is 0 Å². The molecule has 0 spiro atoms. The molecular formula is C12H13N3O3S. The fourth-order valence-electron chi connectivity index (χ4n) is 1.68. The summed E-state index contributed by atoms with van der Waals surface area (Å²) in [6, 6.07) is 3.88. The van der Waals surface area contributed by atoms with Gasteiger partial charge in [0.25, 0.3) is 5.69 Å². The van der Waals surface area contributed by atoms with Crippen molar-refractivity contribution in [3.05, 3.63) is 44.4 Å². The summed E-state index contributed by atoms with van der Waals surface area (Å²) < 4.78 is 0. The zero-order valence-corrected chi connectivity index (χ0v) is 11.3. The lowest BCUT2D eigenvalue weighted by Gasteiger charge is -2.13. The van der Waals surface area contributed by atoms with Crippen LogP contribution in [0, 0.1) is 17.0 Å². The molecule has 100 valence electrons. The molecule has 0 bridgehead atoms. The van der Waals surface area contributed by atoms with Gasteiger partial charge in [-0.25, -0.2) is 4.98 Å². The topological polar surface area (TPSA) is 88.3 Å². The highest BCUT2D eigenvalue weighted by Crippen LogP contribution is 2.31. The molecule has 19 heavy (non-hydrogen) atoms. The van der Waals surface area contributed by atoms with Crippen molar-refractivity contribution in [2.24, 2.45) is 0 Å². The summed E-state index contributed by atoms with van der Waals surface area (Å²) >= 11 is 1.53. The van der Waals surface area contributed by atoms with E-state index in [2.05, 4.69) is 10.3 Å². The molecule has 0 aliphatic heterocycles. The predicted octanol–water partition coefficient (Wildman–Crippen LogP) is 3.24. The van der Waals surface area contributed by atoms with Crippen molar-refractivity contribution in [1.82, 2.24) is 4.98 Å². The SMILES string of the molecule is Cc1nc(C(C)Nc2ccc(O)cc2[N+](=O)[O-])cs1. The first-order chi connectivity index (χ1) is 8.97. The fourth-order valence-corrected chi connectivity index (χ4v) is 2.39. The maximum Gasteiger partial charge on any atom is 0.296 e. The summed E-state index contributed by atoms with van der Waals surface area (Å²) in [5.74, 6) is -0.130. The van der Waals surface area contributed by atoms with E-state index in [4.69, 9.17) is 0 Å². The van der Waals surface area contributed by atoms with Gasteiger partial charge in [0.2, 0.25) is 0 Å². The monoisotopic (exact) mass is 279 g/mol. The van der Waals surface area contributed by atoms with Gasteiger partial charge < -0.3 is 10.4 Å². The summed E-state index contributed by atoms with van der Waals surface area (Å²) in [5.41, 5.74) is 1.05. The second-order valence-corrected chi connectivity index (χ2v) is 5.18. The first-order valence-electron chi connectivity index (χ1n) is 5.63. The molecule has 0 saturated heterocycles. The first kappa shape index (κ1) is 13.3. The molecule has 0 aliphatic carbocycles. The lowest BCUT2D eigenvalue weighted by atomic mass is 10.2. The van der Waals surface area contributed by atoms with Crippen molar-refractivity contribution in [2.75, 3.05) is 5.32 Å². The highest BCUT2D eigenvalue weighted by Gasteiger charge is 2.17. The van der Waals surface area contributed by atoms with E-state index in [0.29, 0.717) is 5.69 Å². The number of nitro groups is 1. The van der Waals surface area contributed by atoms with Gasteiger partial charge in [0.15, 0.2) is 0 Å².